The van der Waals surface area contributed by atoms with Gasteiger partial charge in [0.2, 0.25) is 0 Å². The minimum Gasteiger partial charge on any atom is -0.322 e. The van der Waals surface area contributed by atoms with Crippen molar-refractivity contribution in [2.45, 2.75) is 31.7 Å². The molecule has 110 valence electrons. The summed E-state index contributed by atoms with van der Waals surface area (Å²) >= 11 is 5.98. The summed E-state index contributed by atoms with van der Waals surface area (Å²) < 4.78 is 0. The molecule has 1 aromatic carbocycles. The second kappa shape index (κ2) is 6.55. The molecule has 1 saturated carbocycles. The summed E-state index contributed by atoms with van der Waals surface area (Å²) in [5.41, 5.74) is -0.223. The summed E-state index contributed by atoms with van der Waals surface area (Å²) in [7, 11) is 0. The molecule has 0 atom stereocenters. The maximum Gasteiger partial charge on any atom is 0.288 e. The molecule has 0 aromatic heterocycles. The summed E-state index contributed by atoms with van der Waals surface area (Å²) in [4.78, 5) is 24.3. The SMILES string of the molecule is N#CCN(C(=O)c1cccc([N+](=O)[O-])c1Cl)C1CCCC1. The van der Waals surface area contributed by atoms with Gasteiger partial charge in [0.1, 0.15) is 11.6 Å². The third kappa shape index (κ3) is 3.14. The van der Waals surface area contributed by atoms with Crippen molar-refractivity contribution in [1.82, 2.24) is 4.90 Å². The lowest BCUT2D eigenvalue weighted by molar-refractivity contribution is -0.384. The highest BCUT2D eigenvalue weighted by atomic mass is 35.5. The molecule has 6 nitrogen and oxygen atoms in total. The van der Waals surface area contributed by atoms with Gasteiger partial charge in [0.05, 0.1) is 16.6 Å². The Labute approximate surface area is 127 Å². The van der Waals surface area contributed by atoms with Crippen LogP contribution in [0.25, 0.3) is 0 Å². The molecule has 0 aliphatic heterocycles. The van der Waals surface area contributed by atoms with Gasteiger partial charge in [-0.05, 0) is 18.9 Å². The fraction of sp³-hybridized carbons (Fsp3) is 0.429. The van der Waals surface area contributed by atoms with Gasteiger partial charge in [-0.2, -0.15) is 5.26 Å². The smallest absolute Gasteiger partial charge is 0.288 e. The fourth-order valence-electron chi connectivity index (χ4n) is 2.64. The molecule has 1 aliphatic carbocycles. The molecular formula is C14H14ClN3O3. The van der Waals surface area contributed by atoms with E-state index in [1.165, 1.54) is 23.1 Å². The number of carbonyl (C=O) groups is 1. The Morgan fingerprint density at radius 1 is 1.48 bits per heavy atom. The van der Waals surface area contributed by atoms with Crippen molar-refractivity contribution in [2.75, 3.05) is 6.54 Å². The van der Waals surface area contributed by atoms with E-state index in [1.807, 2.05) is 6.07 Å². The fourth-order valence-corrected chi connectivity index (χ4v) is 2.92. The van der Waals surface area contributed by atoms with Gasteiger partial charge in [-0.25, -0.2) is 0 Å². The zero-order valence-corrected chi connectivity index (χ0v) is 12.0. The van der Waals surface area contributed by atoms with Crippen LogP contribution >= 0.6 is 11.6 Å². The van der Waals surface area contributed by atoms with Gasteiger partial charge in [-0.15, -0.1) is 0 Å². The summed E-state index contributed by atoms with van der Waals surface area (Å²) in [6, 6.07) is 6.12. The molecule has 0 bridgehead atoms. The number of amides is 1. The van der Waals surface area contributed by atoms with Crippen LogP contribution < -0.4 is 0 Å². The van der Waals surface area contributed by atoms with E-state index in [9.17, 15) is 14.9 Å². The number of hydrogen-bond acceptors (Lipinski definition) is 4. The van der Waals surface area contributed by atoms with Gasteiger partial charge in [0.15, 0.2) is 0 Å². The molecule has 0 unspecified atom stereocenters. The first kappa shape index (κ1) is 15.3. The largest absolute Gasteiger partial charge is 0.322 e. The van der Waals surface area contributed by atoms with Crippen molar-refractivity contribution in [3.63, 3.8) is 0 Å². The second-order valence-electron chi connectivity index (χ2n) is 4.93. The number of halogens is 1. The Morgan fingerprint density at radius 3 is 2.71 bits per heavy atom. The monoisotopic (exact) mass is 307 g/mol. The van der Waals surface area contributed by atoms with Gasteiger partial charge < -0.3 is 4.90 Å². The van der Waals surface area contributed by atoms with E-state index in [4.69, 9.17) is 16.9 Å². The Morgan fingerprint density at radius 2 is 2.14 bits per heavy atom. The number of nitriles is 1. The Bertz CT molecular complexity index is 606. The molecule has 2 rings (SSSR count). The summed E-state index contributed by atoms with van der Waals surface area (Å²) in [5, 5.41) is 19.6. The third-order valence-corrected chi connectivity index (χ3v) is 4.07. The molecule has 0 saturated heterocycles. The van der Waals surface area contributed by atoms with Crippen molar-refractivity contribution in [1.29, 1.82) is 5.26 Å². The van der Waals surface area contributed by atoms with Gasteiger partial charge in [-0.1, -0.05) is 30.5 Å². The van der Waals surface area contributed by atoms with E-state index in [0.29, 0.717) is 0 Å². The molecule has 1 fully saturated rings. The van der Waals surface area contributed by atoms with Crippen LogP contribution in [0.1, 0.15) is 36.0 Å². The van der Waals surface area contributed by atoms with E-state index in [2.05, 4.69) is 0 Å². The van der Waals surface area contributed by atoms with E-state index < -0.39 is 10.8 Å². The predicted octanol–water partition coefficient (Wildman–Crippen LogP) is 3.16. The van der Waals surface area contributed by atoms with Crippen LogP contribution in [-0.4, -0.2) is 28.3 Å². The molecule has 1 aromatic rings. The van der Waals surface area contributed by atoms with Crippen LogP contribution in [0.2, 0.25) is 5.02 Å². The van der Waals surface area contributed by atoms with Gasteiger partial charge >= 0.3 is 0 Å². The topological polar surface area (TPSA) is 87.2 Å². The minimum absolute atomic E-state index is 0.00692. The maximum atomic E-state index is 12.6. The number of nitrogens with zero attached hydrogens (tertiary/aromatic N) is 3. The molecule has 0 N–H and O–H groups in total. The number of nitro groups is 1. The zero-order valence-electron chi connectivity index (χ0n) is 11.3. The van der Waals surface area contributed by atoms with Crippen LogP contribution in [0.3, 0.4) is 0 Å². The van der Waals surface area contributed by atoms with Crippen molar-refractivity contribution in [3.8, 4) is 6.07 Å². The number of hydrogen-bond donors (Lipinski definition) is 0. The first-order chi connectivity index (χ1) is 10.1. The Hall–Kier alpha value is -2.13. The molecule has 0 spiro atoms. The molecule has 0 radical (unpaired) electrons. The average molecular weight is 308 g/mol. The van der Waals surface area contributed by atoms with Crippen molar-refractivity contribution in [3.05, 3.63) is 38.9 Å². The second-order valence-corrected chi connectivity index (χ2v) is 5.30. The number of carbonyl (C=O) groups excluding carboxylic acids is 1. The van der Waals surface area contributed by atoms with Gasteiger partial charge in [0, 0.05) is 12.1 Å². The summed E-state index contributed by atoms with van der Waals surface area (Å²) in [6.45, 7) is -0.0392. The van der Waals surface area contributed by atoms with Gasteiger partial charge in [0.25, 0.3) is 11.6 Å². The first-order valence-corrected chi connectivity index (χ1v) is 7.05. The van der Waals surface area contributed by atoms with E-state index >= 15 is 0 Å². The standard InChI is InChI=1S/C14H14ClN3O3/c15-13-11(6-3-7-12(13)18(20)21)14(19)17(9-8-16)10-4-1-2-5-10/h3,6-7,10H,1-2,4-5,9H2. The molecule has 21 heavy (non-hydrogen) atoms. The molecular weight excluding hydrogens is 294 g/mol. The normalized spacial score (nSPS) is 14.7. The Balaban J connectivity index is 2.35. The van der Waals surface area contributed by atoms with E-state index in [0.717, 1.165) is 25.7 Å². The molecule has 0 heterocycles. The van der Waals surface area contributed by atoms with E-state index in [-0.39, 0.29) is 28.9 Å². The number of benzene rings is 1. The third-order valence-electron chi connectivity index (χ3n) is 3.67. The minimum atomic E-state index is -0.622. The summed E-state index contributed by atoms with van der Waals surface area (Å²) in [6.07, 6.45) is 3.73. The van der Waals surface area contributed by atoms with Crippen molar-refractivity contribution in [2.24, 2.45) is 0 Å². The maximum absolute atomic E-state index is 12.6. The molecule has 1 aliphatic rings. The van der Waals surface area contributed by atoms with E-state index in [1.54, 1.807) is 0 Å². The van der Waals surface area contributed by atoms with Crippen molar-refractivity contribution >= 4 is 23.2 Å². The number of rotatable bonds is 4. The van der Waals surface area contributed by atoms with Crippen molar-refractivity contribution < 1.29 is 9.72 Å². The highest BCUT2D eigenvalue weighted by Gasteiger charge is 2.30. The molecule has 1 amide bonds. The predicted molar refractivity (Wildman–Crippen MR) is 77.0 cm³/mol. The van der Waals surface area contributed by atoms with Crippen LogP contribution in [-0.2, 0) is 0 Å². The lowest BCUT2D eigenvalue weighted by Gasteiger charge is -2.26. The average Bonchev–Trinajstić information content (AvgIpc) is 2.98. The first-order valence-electron chi connectivity index (χ1n) is 6.67. The quantitative estimate of drug-likeness (QED) is 0.485. The van der Waals surface area contributed by atoms with Crippen LogP contribution in [0, 0.1) is 21.4 Å². The highest BCUT2D eigenvalue weighted by molar-refractivity contribution is 6.35. The lowest BCUT2D eigenvalue weighted by atomic mass is 10.1. The van der Waals surface area contributed by atoms with Crippen LogP contribution in [0.15, 0.2) is 18.2 Å². The Kier molecular flexibility index (Phi) is 4.76. The highest BCUT2D eigenvalue weighted by Crippen LogP contribution is 2.31. The van der Waals surface area contributed by atoms with Gasteiger partial charge in [-0.3, -0.25) is 14.9 Å². The molecule has 7 heteroatoms. The summed E-state index contributed by atoms with van der Waals surface area (Å²) in [5.74, 6) is -0.419. The zero-order chi connectivity index (χ0) is 15.4. The van der Waals surface area contributed by atoms with Crippen LogP contribution in [0.4, 0.5) is 5.69 Å². The number of nitro benzene ring substituents is 1. The lowest BCUT2D eigenvalue weighted by Crippen LogP contribution is -2.39. The van der Waals surface area contributed by atoms with Crippen LogP contribution in [0.5, 0.6) is 0 Å².